The van der Waals surface area contributed by atoms with Crippen LogP contribution in [0.5, 0.6) is 11.5 Å². The lowest BCUT2D eigenvalue weighted by atomic mass is 9.98. The number of halogens is 2. The molecule has 3 rings (SSSR count). The number of hydrogen-bond acceptors (Lipinski definition) is 5. The molecule has 162 valence electrons. The summed E-state index contributed by atoms with van der Waals surface area (Å²) in [5, 5.41) is 3.19. The van der Waals surface area contributed by atoms with Gasteiger partial charge in [0.15, 0.2) is 0 Å². The van der Waals surface area contributed by atoms with Gasteiger partial charge < -0.3 is 14.8 Å². The average molecular weight is 473 g/mol. The number of piperidine rings is 1. The number of hydrogen-bond donors (Lipinski definition) is 1. The van der Waals surface area contributed by atoms with Gasteiger partial charge in [-0.15, -0.1) is 0 Å². The second-order valence-electron chi connectivity index (χ2n) is 6.83. The number of methoxy groups -OCH3 is 2. The van der Waals surface area contributed by atoms with Crippen LogP contribution in [-0.2, 0) is 14.8 Å². The van der Waals surface area contributed by atoms with Crippen molar-refractivity contribution in [2.24, 2.45) is 5.92 Å². The fraction of sp³-hybridized carbons (Fsp3) is 0.350. The Kier molecular flexibility index (Phi) is 7.13. The van der Waals surface area contributed by atoms with Crippen LogP contribution in [0.3, 0.4) is 0 Å². The Balaban J connectivity index is 1.79. The van der Waals surface area contributed by atoms with Crippen LogP contribution in [0.15, 0.2) is 41.3 Å². The lowest BCUT2D eigenvalue weighted by Crippen LogP contribution is -2.43. The summed E-state index contributed by atoms with van der Waals surface area (Å²) in [7, 11) is -0.859. The standard InChI is InChI=1S/C20H22Cl2N2O5S/c1-28-15-6-8-18(29-2)17(11-15)23-20(25)13-4-3-9-24(12-13)30(26,27)19-10-14(21)5-7-16(19)22/h5-8,10-11,13H,3-4,9,12H2,1-2H3,(H,23,25)/t13-/m1/s1. The topological polar surface area (TPSA) is 84.9 Å². The molecule has 1 fully saturated rings. The zero-order valence-corrected chi connectivity index (χ0v) is 18.9. The molecule has 1 atom stereocenters. The van der Waals surface area contributed by atoms with Gasteiger partial charge in [-0.2, -0.15) is 4.31 Å². The Labute approximate surface area is 185 Å². The van der Waals surface area contributed by atoms with Crippen LogP contribution in [0, 0.1) is 5.92 Å². The molecule has 1 heterocycles. The molecule has 1 N–H and O–H groups in total. The first-order valence-corrected chi connectivity index (χ1v) is 11.4. The number of benzene rings is 2. The second-order valence-corrected chi connectivity index (χ2v) is 9.58. The number of carbonyl (C=O) groups is 1. The molecular weight excluding hydrogens is 451 g/mol. The van der Waals surface area contributed by atoms with Crippen LogP contribution in [0.2, 0.25) is 10.0 Å². The second kappa shape index (κ2) is 9.43. The Hall–Kier alpha value is -2.00. The van der Waals surface area contributed by atoms with Crippen molar-refractivity contribution in [1.82, 2.24) is 4.31 Å². The van der Waals surface area contributed by atoms with E-state index >= 15 is 0 Å². The SMILES string of the molecule is COc1ccc(OC)c(NC(=O)[C@@H]2CCCN(S(=O)(=O)c3cc(Cl)ccc3Cl)C2)c1. The highest BCUT2D eigenvalue weighted by Gasteiger charge is 2.34. The van der Waals surface area contributed by atoms with Gasteiger partial charge in [-0.3, -0.25) is 4.79 Å². The van der Waals surface area contributed by atoms with Gasteiger partial charge in [0.2, 0.25) is 15.9 Å². The molecule has 0 unspecified atom stereocenters. The van der Waals surface area contributed by atoms with Gasteiger partial charge in [0.25, 0.3) is 0 Å². The molecule has 0 aliphatic carbocycles. The van der Waals surface area contributed by atoms with Crippen LogP contribution in [0.4, 0.5) is 5.69 Å². The molecule has 0 saturated carbocycles. The van der Waals surface area contributed by atoms with Crippen molar-refractivity contribution in [2.45, 2.75) is 17.7 Å². The molecule has 0 aromatic heterocycles. The highest BCUT2D eigenvalue weighted by atomic mass is 35.5. The highest BCUT2D eigenvalue weighted by Crippen LogP contribution is 2.32. The minimum absolute atomic E-state index is 0.0449. The largest absolute Gasteiger partial charge is 0.497 e. The summed E-state index contributed by atoms with van der Waals surface area (Å²) in [6.45, 7) is 0.348. The predicted octanol–water partition coefficient (Wildman–Crippen LogP) is 4.05. The molecule has 30 heavy (non-hydrogen) atoms. The summed E-state index contributed by atoms with van der Waals surface area (Å²) in [5.74, 6) is 0.228. The first-order chi connectivity index (χ1) is 14.3. The average Bonchev–Trinajstić information content (AvgIpc) is 2.75. The zero-order valence-electron chi connectivity index (χ0n) is 16.5. The van der Waals surface area contributed by atoms with E-state index in [1.54, 1.807) is 18.2 Å². The van der Waals surface area contributed by atoms with E-state index in [1.165, 1.54) is 36.7 Å². The van der Waals surface area contributed by atoms with Gasteiger partial charge in [0, 0.05) is 24.2 Å². The van der Waals surface area contributed by atoms with Crippen LogP contribution < -0.4 is 14.8 Å². The molecular formula is C20H22Cl2N2O5S. The van der Waals surface area contributed by atoms with Gasteiger partial charge >= 0.3 is 0 Å². The van der Waals surface area contributed by atoms with Gasteiger partial charge in [-0.1, -0.05) is 23.2 Å². The Morgan fingerprint density at radius 3 is 2.60 bits per heavy atom. The molecule has 0 spiro atoms. The number of ether oxygens (including phenoxy) is 2. The van der Waals surface area contributed by atoms with Crippen LogP contribution in [-0.4, -0.2) is 45.9 Å². The summed E-state index contributed by atoms with van der Waals surface area (Å²) in [6.07, 6.45) is 1.11. The highest BCUT2D eigenvalue weighted by molar-refractivity contribution is 7.89. The van der Waals surface area contributed by atoms with E-state index in [0.29, 0.717) is 36.6 Å². The van der Waals surface area contributed by atoms with E-state index in [1.807, 2.05) is 0 Å². The van der Waals surface area contributed by atoms with Crippen molar-refractivity contribution in [1.29, 1.82) is 0 Å². The van der Waals surface area contributed by atoms with Crippen molar-refractivity contribution in [3.8, 4) is 11.5 Å². The van der Waals surface area contributed by atoms with Crippen molar-refractivity contribution in [3.63, 3.8) is 0 Å². The van der Waals surface area contributed by atoms with Crippen molar-refractivity contribution in [3.05, 3.63) is 46.4 Å². The summed E-state index contributed by atoms with van der Waals surface area (Å²) < 4.78 is 37.9. The van der Waals surface area contributed by atoms with Crippen LogP contribution in [0.25, 0.3) is 0 Å². The smallest absolute Gasteiger partial charge is 0.244 e. The maximum absolute atomic E-state index is 13.1. The minimum Gasteiger partial charge on any atom is -0.497 e. The maximum Gasteiger partial charge on any atom is 0.244 e. The summed E-state index contributed by atoms with van der Waals surface area (Å²) in [5.41, 5.74) is 0.458. The Morgan fingerprint density at radius 1 is 1.13 bits per heavy atom. The van der Waals surface area contributed by atoms with Gasteiger partial charge in [0.1, 0.15) is 16.4 Å². The third kappa shape index (κ3) is 4.83. The van der Waals surface area contributed by atoms with E-state index in [9.17, 15) is 13.2 Å². The van der Waals surface area contributed by atoms with E-state index in [2.05, 4.69) is 5.32 Å². The number of sulfonamides is 1. The minimum atomic E-state index is -3.89. The lowest BCUT2D eigenvalue weighted by Gasteiger charge is -2.31. The van der Waals surface area contributed by atoms with Crippen molar-refractivity contribution < 1.29 is 22.7 Å². The molecule has 1 aliphatic heterocycles. The monoisotopic (exact) mass is 472 g/mol. The molecule has 1 aliphatic rings. The Bertz CT molecular complexity index is 1050. The molecule has 1 saturated heterocycles. The van der Waals surface area contributed by atoms with Crippen LogP contribution >= 0.6 is 23.2 Å². The molecule has 2 aromatic rings. The molecule has 10 heteroatoms. The quantitative estimate of drug-likeness (QED) is 0.685. The first kappa shape index (κ1) is 22.7. The summed E-state index contributed by atoms with van der Waals surface area (Å²) >= 11 is 12.1. The zero-order chi connectivity index (χ0) is 21.9. The number of nitrogens with zero attached hydrogens (tertiary/aromatic N) is 1. The molecule has 0 radical (unpaired) electrons. The van der Waals surface area contributed by atoms with Gasteiger partial charge in [0.05, 0.1) is 30.8 Å². The molecule has 1 amide bonds. The number of nitrogens with one attached hydrogen (secondary N) is 1. The number of amides is 1. The summed E-state index contributed by atoms with van der Waals surface area (Å²) in [4.78, 5) is 12.8. The fourth-order valence-corrected chi connectivity index (χ4v) is 5.60. The summed E-state index contributed by atoms with van der Waals surface area (Å²) in [6, 6.07) is 9.35. The van der Waals surface area contributed by atoms with Gasteiger partial charge in [-0.05, 0) is 43.2 Å². The van der Waals surface area contributed by atoms with Crippen molar-refractivity contribution in [2.75, 3.05) is 32.6 Å². The van der Waals surface area contributed by atoms with E-state index in [4.69, 9.17) is 32.7 Å². The normalized spacial score (nSPS) is 17.4. The molecule has 7 nitrogen and oxygen atoms in total. The number of anilines is 1. The first-order valence-electron chi connectivity index (χ1n) is 9.24. The number of rotatable bonds is 6. The predicted molar refractivity (Wildman–Crippen MR) is 116 cm³/mol. The third-order valence-electron chi connectivity index (χ3n) is 4.93. The van der Waals surface area contributed by atoms with Crippen LogP contribution in [0.1, 0.15) is 12.8 Å². The molecule has 0 bridgehead atoms. The van der Waals surface area contributed by atoms with Crippen molar-refractivity contribution >= 4 is 44.8 Å². The van der Waals surface area contributed by atoms with E-state index < -0.39 is 15.9 Å². The van der Waals surface area contributed by atoms with Gasteiger partial charge in [-0.25, -0.2) is 8.42 Å². The molecule has 2 aromatic carbocycles. The van der Waals surface area contributed by atoms with E-state index in [0.717, 1.165) is 0 Å². The Morgan fingerprint density at radius 2 is 1.90 bits per heavy atom. The number of carbonyl (C=O) groups excluding carboxylic acids is 1. The maximum atomic E-state index is 13.1. The lowest BCUT2D eigenvalue weighted by molar-refractivity contribution is -0.120. The fourth-order valence-electron chi connectivity index (χ4n) is 3.34. The van der Waals surface area contributed by atoms with E-state index in [-0.39, 0.29) is 27.4 Å². The third-order valence-corrected chi connectivity index (χ3v) is 7.51.